The molecule has 1 heterocycles. The van der Waals surface area contributed by atoms with Crippen LogP contribution >= 0.6 is 0 Å². The van der Waals surface area contributed by atoms with Crippen LogP contribution in [0.3, 0.4) is 0 Å². The van der Waals surface area contributed by atoms with Gasteiger partial charge in [0.2, 0.25) is 0 Å². The molecular weight excluding hydrogens is 236 g/mol. The summed E-state index contributed by atoms with van der Waals surface area (Å²) in [7, 11) is 0. The first-order chi connectivity index (χ1) is 8.69. The van der Waals surface area contributed by atoms with Crippen LogP contribution in [0.5, 0.6) is 0 Å². The van der Waals surface area contributed by atoms with Gasteiger partial charge in [-0.05, 0) is 63.7 Å². The molecule has 19 heavy (non-hydrogen) atoms. The van der Waals surface area contributed by atoms with E-state index in [9.17, 15) is 5.21 Å². The zero-order chi connectivity index (χ0) is 14.4. The average molecular weight is 267 g/mol. The molecule has 2 aliphatic rings. The van der Waals surface area contributed by atoms with E-state index in [0.29, 0.717) is 17.8 Å². The lowest BCUT2D eigenvalue weighted by Gasteiger charge is -2.58. The lowest BCUT2D eigenvalue weighted by molar-refractivity contribution is -0.319. The Morgan fingerprint density at radius 1 is 1.16 bits per heavy atom. The SMILES string of the molecule is CC(C)[C@@H]1CC[C@@H](C)[C@@]2(CC(N)CC(C)(C)N2[O])C1. The molecule has 0 aromatic heterocycles. The zero-order valence-corrected chi connectivity index (χ0v) is 13.3. The van der Waals surface area contributed by atoms with Crippen LogP contribution in [0.1, 0.15) is 66.7 Å². The maximum atomic E-state index is 13.0. The van der Waals surface area contributed by atoms with Gasteiger partial charge in [-0.25, -0.2) is 0 Å². The van der Waals surface area contributed by atoms with Crippen LogP contribution in [0, 0.1) is 17.8 Å². The molecule has 0 aromatic carbocycles. The van der Waals surface area contributed by atoms with Gasteiger partial charge in [-0.1, -0.05) is 20.8 Å². The molecule has 1 radical (unpaired) electrons. The maximum absolute atomic E-state index is 13.0. The molecule has 2 fully saturated rings. The van der Waals surface area contributed by atoms with Crippen molar-refractivity contribution in [1.82, 2.24) is 5.06 Å². The summed E-state index contributed by atoms with van der Waals surface area (Å²) in [5.41, 5.74) is 5.77. The minimum absolute atomic E-state index is 0.175. The minimum Gasteiger partial charge on any atom is -0.328 e. The fourth-order valence-electron chi connectivity index (χ4n) is 4.56. The van der Waals surface area contributed by atoms with Crippen LogP contribution in [0.25, 0.3) is 0 Å². The maximum Gasteiger partial charge on any atom is 0.0542 e. The first-order valence-electron chi connectivity index (χ1n) is 7.92. The number of piperidine rings is 1. The fourth-order valence-corrected chi connectivity index (χ4v) is 4.56. The lowest BCUT2D eigenvalue weighted by atomic mass is 9.61. The van der Waals surface area contributed by atoms with Crippen molar-refractivity contribution >= 4 is 0 Å². The molecule has 2 rings (SSSR count). The van der Waals surface area contributed by atoms with Crippen LogP contribution in [0.2, 0.25) is 0 Å². The number of hydroxylamine groups is 2. The molecule has 1 saturated carbocycles. The molecule has 0 bridgehead atoms. The van der Waals surface area contributed by atoms with Gasteiger partial charge < -0.3 is 5.73 Å². The van der Waals surface area contributed by atoms with Gasteiger partial charge >= 0.3 is 0 Å². The first kappa shape index (κ1) is 15.3. The van der Waals surface area contributed by atoms with Crippen molar-refractivity contribution in [2.75, 3.05) is 0 Å². The largest absolute Gasteiger partial charge is 0.328 e. The number of hydrogen-bond acceptors (Lipinski definition) is 2. The van der Waals surface area contributed by atoms with E-state index >= 15 is 0 Å². The van der Waals surface area contributed by atoms with E-state index in [0.717, 1.165) is 19.3 Å². The van der Waals surface area contributed by atoms with Gasteiger partial charge in [0.15, 0.2) is 0 Å². The Labute approximate surface area is 118 Å². The third-order valence-electron chi connectivity index (χ3n) is 5.78. The summed E-state index contributed by atoms with van der Waals surface area (Å²) >= 11 is 0. The second-order valence-corrected chi connectivity index (χ2v) is 8.07. The summed E-state index contributed by atoms with van der Waals surface area (Å²) in [4.78, 5) is 0. The number of nitrogens with two attached hydrogens (primary N) is 1. The topological polar surface area (TPSA) is 49.2 Å². The number of nitrogens with zero attached hydrogens (tertiary/aromatic N) is 1. The standard InChI is InChI=1S/C16H31N2O/c1-11(2)13-7-6-12(3)16(8-13)10-14(17)9-15(4,5)18(16)19/h11-14H,6-10,17H2,1-5H3/t12-,13-,14?,16+/m1/s1. The highest BCUT2D eigenvalue weighted by Crippen LogP contribution is 2.50. The normalized spacial score (nSPS) is 43.9. The first-order valence-corrected chi connectivity index (χ1v) is 7.92. The summed E-state index contributed by atoms with van der Waals surface area (Å²) in [6.45, 7) is 11.0. The lowest BCUT2D eigenvalue weighted by Crippen LogP contribution is -2.67. The van der Waals surface area contributed by atoms with Crippen LogP contribution in [-0.4, -0.2) is 22.2 Å². The number of hydrogen-bond donors (Lipinski definition) is 1. The van der Waals surface area contributed by atoms with E-state index in [2.05, 4.69) is 34.6 Å². The summed E-state index contributed by atoms with van der Waals surface area (Å²) in [5, 5.41) is 14.5. The van der Waals surface area contributed by atoms with Gasteiger partial charge in [0.25, 0.3) is 0 Å². The summed E-state index contributed by atoms with van der Waals surface area (Å²) in [6, 6.07) is 0.175. The smallest absolute Gasteiger partial charge is 0.0542 e. The highest BCUT2D eigenvalue weighted by molar-refractivity contribution is 5.07. The van der Waals surface area contributed by atoms with E-state index in [1.165, 1.54) is 17.9 Å². The summed E-state index contributed by atoms with van der Waals surface area (Å²) in [5.74, 6) is 1.80. The molecule has 1 saturated heterocycles. The quantitative estimate of drug-likeness (QED) is 0.792. The van der Waals surface area contributed by atoms with Crippen molar-refractivity contribution < 1.29 is 5.21 Å². The van der Waals surface area contributed by atoms with Crippen molar-refractivity contribution in [3.8, 4) is 0 Å². The Morgan fingerprint density at radius 3 is 2.37 bits per heavy atom. The predicted molar refractivity (Wildman–Crippen MR) is 77.9 cm³/mol. The molecule has 1 aliphatic carbocycles. The van der Waals surface area contributed by atoms with Crippen molar-refractivity contribution in [2.45, 2.75) is 83.8 Å². The van der Waals surface area contributed by atoms with Crippen molar-refractivity contribution in [1.29, 1.82) is 0 Å². The Kier molecular flexibility index (Phi) is 4.03. The third kappa shape index (κ3) is 2.57. The second kappa shape index (κ2) is 5.01. The van der Waals surface area contributed by atoms with Crippen molar-refractivity contribution in [3.63, 3.8) is 0 Å². The molecular formula is C16H31N2O. The van der Waals surface area contributed by atoms with Gasteiger partial charge in [0, 0.05) is 11.6 Å². The van der Waals surface area contributed by atoms with Gasteiger partial charge in [-0.2, -0.15) is 0 Å². The third-order valence-corrected chi connectivity index (χ3v) is 5.78. The number of rotatable bonds is 1. The van der Waals surface area contributed by atoms with Crippen molar-refractivity contribution in [2.24, 2.45) is 23.5 Å². The van der Waals surface area contributed by atoms with Gasteiger partial charge in [0.05, 0.1) is 5.54 Å². The van der Waals surface area contributed by atoms with Crippen LogP contribution < -0.4 is 5.73 Å². The van der Waals surface area contributed by atoms with Crippen LogP contribution in [0.4, 0.5) is 0 Å². The van der Waals surface area contributed by atoms with Crippen LogP contribution in [0.15, 0.2) is 0 Å². The average Bonchev–Trinajstić information content (AvgIpc) is 2.28. The molecule has 4 atom stereocenters. The predicted octanol–water partition coefficient (Wildman–Crippen LogP) is 3.36. The summed E-state index contributed by atoms with van der Waals surface area (Å²) < 4.78 is 0. The Bertz CT molecular complexity index is 329. The molecule has 1 aliphatic heterocycles. The van der Waals surface area contributed by atoms with Crippen molar-refractivity contribution in [3.05, 3.63) is 0 Å². The minimum atomic E-state index is -0.315. The van der Waals surface area contributed by atoms with E-state index in [4.69, 9.17) is 5.73 Å². The molecule has 2 N–H and O–H groups in total. The monoisotopic (exact) mass is 267 g/mol. The Morgan fingerprint density at radius 2 is 1.79 bits per heavy atom. The zero-order valence-electron chi connectivity index (χ0n) is 13.3. The molecule has 0 aromatic rings. The van der Waals surface area contributed by atoms with E-state index in [1.54, 1.807) is 0 Å². The molecule has 3 heteroatoms. The molecule has 0 amide bonds. The second-order valence-electron chi connectivity index (χ2n) is 8.07. The Hall–Kier alpha value is -0.120. The Balaban J connectivity index is 2.31. The molecule has 1 unspecified atom stereocenters. The van der Waals surface area contributed by atoms with Gasteiger partial charge in [0.1, 0.15) is 0 Å². The van der Waals surface area contributed by atoms with E-state index in [-0.39, 0.29) is 17.1 Å². The summed E-state index contributed by atoms with van der Waals surface area (Å²) in [6.07, 6.45) is 5.17. The fraction of sp³-hybridized carbons (Fsp3) is 1.00. The van der Waals surface area contributed by atoms with Gasteiger partial charge in [-0.3, -0.25) is 0 Å². The molecule has 111 valence electrons. The highest BCUT2D eigenvalue weighted by atomic mass is 16.5. The van der Waals surface area contributed by atoms with E-state index in [1.807, 2.05) is 0 Å². The van der Waals surface area contributed by atoms with E-state index < -0.39 is 0 Å². The molecule has 1 spiro atoms. The van der Waals surface area contributed by atoms with Crippen LogP contribution in [-0.2, 0) is 5.21 Å². The van der Waals surface area contributed by atoms with Gasteiger partial charge in [-0.15, -0.1) is 10.3 Å². The highest BCUT2D eigenvalue weighted by Gasteiger charge is 2.55. The molecule has 3 nitrogen and oxygen atoms in total.